The minimum Gasteiger partial charge on any atom is -0.733 e. The second-order valence-corrected chi connectivity index (χ2v) is 5.45. The van der Waals surface area contributed by atoms with E-state index in [1.54, 1.807) is 32.0 Å². The van der Waals surface area contributed by atoms with E-state index in [1.165, 1.54) is 20.3 Å². The summed E-state index contributed by atoms with van der Waals surface area (Å²) in [5, 5.41) is 23.6. The van der Waals surface area contributed by atoms with Crippen molar-refractivity contribution in [1.29, 1.82) is 0 Å². The molecule has 1 aromatic rings. The van der Waals surface area contributed by atoms with Crippen molar-refractivity contribution in [2.45, 2.75) is 19.8 Å². The zero-order valence-corrected chi connectivity index (χ0v) is 14.3. The summed E-state index contributed by atoms with van der Waals surface area (Å²) in [6, 6.07) is 6.14. The number of carbonyl (C=O) groups is 2. The van der Waals surface area contributed by atoms with Crippen molar-refractivity contribution in [3.63, 3.8) is 0 Å². The summed E-state index contributed by atoms with van der Waals surface area (Å²) in [6.07, 6.45) is 0. The summed E-state index contributed by atoms with van der Waals surface area (Å²) in [5.74, 6) is -2.25. The monoisotopic (exact) mass is 347 g/mol. The Morgan fingerprint density at radius 1 is 1.08 bits per heavy atom. The van der Waals surface area contributed by atoms with Gasteiger partial charge in [-0.05, 0) is 25.5 Å². The van der Waals surface area contributed by atoms with Gasteiger partial charge in [-0.3, -0.25) is 5.21 Å². The average Bonchev–Trinajstić information content (AvgIpc) is 2.59. The molecule has 1 aliphatic heterocycles. The number of carbonyl (C=O) groups excluding carboxylic acids is 2. The maximum absolute atomic E-state index is 12.4. The molecule has 2 N–H and O–H groups in total. The number of hydrogen-bond acceptors (Lipinski definition) is 8. The molecule has 0 bridgehead atoms. The second kappa shape index (κ2) is 7.37. The summed E-state index contributed by atoms with van der Waals surface area (Å²) in [5.41, 5.74) is 1.46. The van der Waals surface area contributed by atoms with Gasteiger partial charge in [0.15, 0.2) is 0 Å². The van der Waals surface area contributed by atoms with Crippen LogP contribution in [0.25, 0.3) is 0 Å². The van der Waals surface area contributed by atoms with E-state index in [0.29, 0.717) is 11.4 Å². The fraction of sp³-hybridized carbons (Fsp3) is 0.294. The van der Waals surface area contributed by atoms with Crippen molar-refractivity contribution < 1.29 is 24.3 Å². The molecule has 0 aromatic heterocycles. The lowest BCUT2D eigenvalue weighted by molar-refractivity contribution is -0.137. The normalized spacial score (nSPS) is 15.0. The first kappa shape index (κ1) is 18.5. The topological polar surface area (TPSA) is 111 Å². The molecule has 0 amide bonds. The SMILES string of the molecule is COC(=O)C1=C(C)NC(C)=C(C(=O)OC)C1c1ccccc1N([O-])O. The quantitative estimate of drug-likeness (QED) is 0.628. The first-order valence-corrected chi connectivity index (χ1v) is 7.43. The Morgan fingerprint density at radius 3 is 2.00 bits per heavy atom. The van der Waals surface area contributed by atoms with Gasteiger partial charge in [-0.2, -0.15) is 0 Å². The summed E-state index contributed by atoms with van der Waals surface area (Å²) < 4.78 is 9.69. The van der Waals surface area contributed by atoms with Gasteiger partial charge in [0.1, 0.15) is 0 Å². The number of methoxy groups -OCH3 is 2. The molecule has 8 nitrogen and oxygen atoms in total. The number of nitrogens with one attached hydrogen (secondary N) is 1. The number of benzene rings is 1. The lowest BCUT2D eigenvalue weighted by Crippen LogP contribution is -2.32. The number of ether oxygens (including phenoxy) is 2. The zero-order valence-electron chi connectivity index (χ0n) is 14.3. The number of nitrogens with zero attached hydrogens (tertiary/aromatic N) is 1. The molecule has 0 aliphatic carbocycles. The molecule has 0 saturated carbocycles. The second-order valence-electron chi connectivity index (χ2n) is 5.45. The van der Waals surface area contributed by atoms with Crippen LogP contribution in [-0.2, 0) is 19.1 Å². The van der Waals surface area contributed by atoms with Crippen LogP contribution in [-0.4, -0.2) is 31.4 Å². The van der Waals surface area contributed by atoms with E-state index in [0.717, 1.165) is 0 Å². The van der Waals surface area contributed by atoms with Crippen molar-refractivity contribution in [2.24, 2.45) is 0 Å². The van der Waals surface area contributed by atoms with Crippen LogP contribution in [0.4, 0.5) is 5.69 Å². The van der Waals surface area contributed by atoms with E-state index in [4.69, 9.17) is 9.47 Å². The predicted octanol–water partition coefficient (Wildman–Crippen LogP) is 1.96. The van der Waals surface area contributed by atoms with Crippen LogP contribution < -0.4 is 10.5 Å². The van der Waals surface area contributed by atoms with Crippen LogP contribution in [0, 0.1) is 5.21 Å². The molecule has 1 aromatic carbocycles. The van der Waals surface area contributed by atoms with Gasteiger partial charge < -0.3 is 25.2 Å². The van der Waals surface area contributed by atoms with Crippen molar-refractivity contribution in [2.75, 3.05) is 19.4 Å². The lowest BCUT2D eigenvalue weighted by Gasteiger charge is -2.33. The van der Waals surface area contributed by atoms with E-state index >= 15 is 0 Å². The Kier molecular flexibility index (Phi) is 5.45. The number of hydrogen-bond donors (Lipinski definition) is 2. The zero-order chi connectivity index (χ0) is 18.7. The molecule has 134 valence electrons. The number of anilines is 1. The molecule has 1 heterocycles. The molecule has 0 fully saturated rings. The van der Waals surface area contributed by atoms with Crippen LogP contribution >= 0.6 is 0 Å². The van der Waals surface area contributed by atoms with Crippen LogP contribution in [0.15, 0.2) is 46.8 Å². The molecular weight excluding hydrogens is 328 g/mol. The minimum absolute atomic E-state index is 0.0854. The highest BCUT2D eigenvalue weighted by molar-refractivity contribution is 6.00. The third-order valence-corrected chi connectivity index (χ3v) is 4.02. The Hall–Kier alpha value is -2.84. The number of esters is 2. The lowest BCUT2D eigenvalue weighted by atomic mass is 9.79. The van der Waals surface area contributed by atoms with Gasteiger partial charge in [-0.15, -0.1) is 0 Å². The number of rotatable bonds is 4. The highest BCUT2D eigenvalue weighted by atomic mass is 16.8. The first-order valence-electron chi connectivity index (χ1n) is 7.43. The minimum atomic E-state index is -0.930. The van der Waals surface area contributed by atoms with E-state index in [9.17, 15) is 20.0 Å². The fourth-order valence-electron chi connectivity index (χ4n) is 2.97. The molecule has 0 atom stereocenters. The molecular formula is C17H19N2O6-. The number of dihydropyridines is 1. The Balaban J connectivity index is 2.78. The molecule has 25 heavy (non-hydrogen) atoms. The first-order chi connectivity index (χ1) is 11.8. The molecule has 0 saturated heterocycles. The molecule has 0 radical (unpaired) electrons. The molecule has 2 rings (SSSR count). The van der Waals surface area contributed by atoms with E-state index < -0.39 is 17.9 Å². The summed E-state index contributed by atoms with van der Waals surface area (Å²) >= 11 is 0. The van der Waals surface area contributed by atoms with Gasteiger partial charge in [-0.1, -0.05) is 18.2 Å². The predicted molar refractivity (Wildman–Crippen MR) is 89.4 cm³/mol. The highest BCUT2D eigenvalue weighted by Gasteiger charge is 2.38. The maximum Gasteiger partial charge on any atom is 0.336 e. The van der Waals surface area contributed by atoms with Crippen LogP contribution in [0.5, 0.6) is 0 Å². The van der Waals surface area contributed by atoms with Crippen LogP contribution in [0.3, 0.4) is 0 Å². The third-order valence-electron chi connectivity index (χ3n) is 4.02. The van der Waals surface area contributed by atoms with Gasteiger partial charge in [-0.25, -0.2) is 9.59 Å². The standard InChI is InChI=1S/C17H19N2O6/c1-9-13(16(20)24-3)15(14(10(2)18-9)17(21)25-4)11-7-5-6-8-12(11)19(22)23/h5-8,15,18,22H,1-4H3/q-1. The smallest absolute Gasteiger partial charge is 0.336 e. The van der Waals surface area contributed by atoms with E-state index in [2.05, 4.69) is 5.32 Å². The summed E-state index contributed by atoms with van der Waals surface area (Å²) in [6.45, 7) is 3.32. The van der Waals surface area contributed by atoms with Crippen molar-refractivity contribution >= 4 is 17.6 Å². The van der Waals surface area contributed by atoms with Gasteiger partial charge in [0.05, 0.1) is 37.0 Å². The van der Waals surface area contributed by atoms with Crippen LogP contribution in [0.2, 0.25) is 0 Å². The molecule has 0 spiro atoms. The fourth-order valence-corrected chi connectivity index (χ4v) is 2.97. The Bertz CT molecular complexity index is 728. The summed E-state index contributed by atoms with van der Waals surface area (Å²) in [7, 11) is 2.45. The van der Waals surface area contributed by atoms with E-state index in [-0.39, 0.29) is 27.6 Å². The van der Waals surface area contributed by atoms with Gasteiger partial charge >= 0.3 is 11.9 Å². The number of para-hydroxylation sites is 1. The highest BCUT2D eigenvalue weighted by Crippen LogP contribution is 2.42. The average molecular weight is 347 g/mol. The Labute approximate surface area is 144 Å². The summed E-state index contributed by atoms with van der Waals surface area (Å²) in [4.78, 5) is 24.7. The molecule has 8 heteroatoms. The van der Waals surface area contributed by atoms with Crippen molar-refractivity contribution in [3.05, 3.63) is 57.6 Å². The van der Waals surface area contributed by atoms with Crippen LogP contribution in [0.1, 0.15) is 25.3 Å². The van der Waals surface area contributed by atoms with Crippen molar-refractivity contribution in [1.82, 2.24) is 5.32 Å². The van der Waals surface area contributed by atoms with Gasteiger partial charge in [0, 0.05) is 11.4 Å². The molecule has 0 unspecified atom stereocenters. The Morgan fingerprint density at radius 2 is 1.56 bits per heavy atom. The van der Waals surface area contributed by atoms with Gasteiger partial charge in [0.25, 0.3) is 0 Å². The third kappa shape index (κ3) is 3.35. The largest absolute Gasteiger partial charge is 0.733 e. The maximum atomic E-state index is 12.4. The molecule has 1 aliphatic rings. The van der Waals surface area contributed by atoms with Crippen molar-refractivity contribution in [3.8, 4) is 0 Å². The van der Waals surface area contributed by atoms with E-state index in [1.807, 2.05) is 0 Å². The van der Waals surface area contributed by atoms with Gasteiger partial charge in [0.2, 0.25) is 0 Å². The number of allylic oxidation sites excluding steroid dienone is 2.